The van der Waals surface area contributed by atoms with E-state index in [1.54, 1.807) is 37.3 Å². The van der Waals surface area contributed by atoms with Gasteiger partial charge in [0.2, 0.25) is 0 Å². The lowest BCUT2D eigenvalue weighted by Crippen LogP contribution is -2.17. The minimum absolute atomic E-state index is 0.158. The average Bonchev–Trinajstić information content (AvgIpc) is 3.43. The molecule has 2 aromatic heterocycles. The van der Waals surface area contributed by atoms with Crippen molar-refractivity contribution >= 4 is 57.5 Å². The molecule has 3 aromatic rings. The predicted octanol–water partition coefficient (Wildman–Crippen LogP) is 7.16. The molecule has 1 unspecified atom stereocenters. The van der Waals surface area contributed by atoms with Gasteiger partial charge in [0.1, 0.15) is 28.2 Å². The minimum atomic E-state index is -0.628. The van der Waals surface area contributed by atoms with Crippen LogP contribution in [0.2, 0.25) is 10.0 Å². The lowest BCUT2D eigenvalue weighted by molar-refractivity contribution is -0.112. The van der Waals surface area contributed by atoms with E-state index in [9.17, 15) is 14.9 Å². The molecule has 180 valence electrons. The molecule has 6 nitrogen and oxygen atoms in total. The molecule has 0 aliphatic heterocycles. The number of ether oxygens (including phenoxy) is 1. The summed E-state index contributed by atoms with van der Waals surface area (Å²) in [5, 5.41) is 13.6. The smallest absolute Gasteiger partial charge is 0.341 e. The van der Waals surface area contributed by atoms with Gasteiger partial charge in [-0.25, -0.2) is 4.79 Å². The molecule has 35 heavy (non-hydrogen) atoms. The highest BCUT2D eigenvalue weighted by Gasteiger charge is 2.29. The van der Waals surface area contributed by atoms with E-state index in [1.165, 1.54) is 17.4 Å². The van der Waals surface area contributed by atoms with Crippen molar-refractivity contribution in [1.29, 1.82) is 5.26 Å². The summed E-state index contributed by atoms with van der Waals surface area (Å²) in [7, 11) is 0. The summed E-state index contributed by atoms with van der Waals surface area (Å²) in [5.74, 6) is 0.240. The Hall–Kier alpha value is -3.05. The molecule has 0 bridgehead atoms. The number of esters is 1. The number of nitriles is 1. The summed E-state index contributed by atoms with van der Waals surface area (Å²) < 4.78 is 11.0. The normalized spacial score (nSPS) is 15.3. The fourth-order valence-corrected chi connectivity index (χ4v) is 5.65. The number of hydrogen-bond acceptors (Lipinski definition) is 6. The Kier molecular flexibility index (Phi) is 7.66. The summed E-state index contributed by atoms with van der Waals surface area (Å²) in [6.07, 6.45) is 3.91. The van der Waals surface area contributed by atoms with E-state index in [1.807, 2.05) is 6.07 Å². The summed E-state index contributed by atoms with van der Waals surface area (Å²) in [6, 6.07) is 10.4. The van der Waals surface area contributed by atoms with E-state index >= 15 is 0 Å². The van der Waals surface area contributed by atoms with Crippen molar-refractivity contribution in [3.63, 3.8) is 0 Å². The molecular weight excluding hydrogens is 507 g/mol. The van der Waals surface area contributed by atoms with Gasteiger partial charge in [0.05, 0.1) is 22.2 Å². The zero-order chi connectivity index (χ0) is 25.1. The fourth-order valence-electron chi connectivity index (χ4n) is 3.95. The molecule has 0 spiro atoms. The predicted molar refractivity (Wildman–Crippen MR) is 138 cm³/mol. The van der Waals surface area contributed by atoms with Crippen LogP contribution in [0.25, 0.3) is 17.4 Å². The van der Waals surface area contributed by atoms with Gasteiger partial charge in [-0.05, 0) is 68.0 Å². The number of fused-ring (bicyclic) bond motifs is 1. The number of carbonyl (C=O) groups is 2. The summed E-state index contributed by atoms with van der Waals surface area (Å²) >= 11 is 13.4. The fraction of sp³-hybridized carbons (Fsp3) is 0.269. The standard InChI is InChI=1S/C26H22Cl2N2O4S/c1-3-33-26(32)23-18-7-4-14(2)10-22(18)35-25(23)30-24(31)16(13-29)11-17-6-9-21(34-17)15-5-8-19(27)20(28)12-15/h5-6,8-9,11-12,14H,3-4,7,10H2,1-2H3,(H,30,31). The first-order valence-electron chi connectivity index (χ1n) is 11.1. The zero-order valence-corrected chi connectivity index (χ0v) is 21.4. The Morgan fingerprint density at radius 1 is 1.29 bits per heavy atom. The number of nitrogens with zero attached hydrogens (tertiary/aromatic N) is 1. The maximum absolute atomic E-state index is 13.0. The monoisotopic (exact) mass is 528 g/mol. The first-order chi connectivity index (χ1) is 16.8. The van der Waals surface area contributed by atoms with E-state index in [-0.39, 0.29) is 12.2 Å². The van der Waals surface area contributed by atoms with E-state index in [0.717, 1.165) is 29.7 Å². The van der Waals surface area contributed by atoms with Crippen molar-refractivity contribution in [2.24, 2.45) is 5.92 Å². The second-order valence-electron chi connectivity index (χ2n) is 8.23. The molecule has 1 amide bonds. The van der Waals surface area contributed by atoms with Gasteiger partial charge in [-0.15, -0.1) is 11.3 Å². The van der Waals surface area contributed by atoms with Crippen LogP contribution in [0.1, 0.15) is 46.8 Å². The highest BCUT2D eigenvalue weighted by atomic mass is 35.5. The number of anilines is 1. The van der Waals surface area contributed by atoms with Crippen LogP contribution in [0.4, 0.5) is 5.00 Å². The van der Waals surface area contributed by atoms with Gasteiger partial charge < -0.3 is 14.5 Å². The van der Waals surface area contributed by atoms with Crippen molar-refractivity contribution in [2.75, 3.05) is 11.9 Å². The van der Waals surface area contributed by atoms with Crippen molar-refractivity contribution in [1.82, 2.24) is 0 Å². The second kappa shape index (κ2) is 10.7. The third kappa shape index (κ3) is 5.46. The molecular formula is C26H22Cl2N2O4S. The van der Waals surface area contributed by atoms with E-state index in [4.69, 9.17) is 32.4 Å². The molecule has 1 aliphatic carbocycles. The Labute approximate surface area is 217 Å². The van der Waals surface area contributed by atoms with Crippen molar-refractivity contribution in [3.8, 4) is 17.4 Å². The van der Waals surface area contributed by atoms with Crippen LogP contribution in [-0.4, -0.2) is 18.5 Å². The van der Waals surface area contributed by atoms with Crippen LogP contribution >= 0.6 is 34.5 Å². The van der Waals surface area contributed by atoms with E-state index in [0.29, 0.717) is 43.6 Å². The van der Waals surface area contributed by atoms with Crippen molar-refractivity contribution in [2.45, 2.75) is 33.1 Å². The third-order valence-corrected chi connectivity index (χ3v) is 7.61. The first kappa shape index (κ1) is 25.1. The number of nitrogens with one attached hydrogen (secondary N) is 1. The molecule has 1 aromatic carbocycles. The van der Waals surface area contributed by atoms with Crippen molar-refractivity contribution in [3.05, 3.63) is 67.7 Å². The number of carbonyl (C=O) groups excluding carboxylic acids is 2. The van der Waals surface area contributed by atoms with Gasteiger partial charge in [0.15, 0.2) is 0 Å². The quantitative estimate of drug-likeness (QED) is 0.208. The van der Waals surface area contributed by atoms with Gasteiger partial charge in [0.25, 0.3) is 5.91 Å². The Morgan fingerprint density at radius 2 is 2.09 bits per heavy atom. The largest absolute Gasteiger partial charge is 0.462 e. The minimum Gasteiger partial charge on any atom is -0.462 e. The highest BCUT2D eigenvalue weighted by molar-refractivity contribution is 7.17. The Balaban J connectivity index is 1.60. The summed E-state index contributed by atoms with van der Waals surface area (Å²) in [4.78, 5) is 26.8. The number of thiophene rings is 1. The van der Waals surface area contributed by atoms with Crippen LogP contribution in [0.3, 0.4) is 0 Å². The molecule has 4 rings (SSSR count). The Bertz CT molecular complexity index is 1370. The summed E-state index contributed by atoms with van der Waals surface area (Å²) in [5.41, 5.74) is 1.88. The van der Waals surface area contributed by atoms with Gasteiger partial charge >= 0.3 is 5.97 Å². The molecule has 1 N–H and O–H groups in total. The van der Waals surface area contributed by atoms with Crippen LogP contribution in [0, 0.1) is 17.2 Å². The Morgan fingerprint density at radius 3 is 2.80 bits per heavy atom. The lowest BCUT2D eigenvalue weighted by atomic mass is 9.88. The second-order valence-corrected chi connectivity index (χ2v) is 10.2. The molecule has 0 radical (unpaired) electrons. The number of hydrogen-bond donors (Lipinski definition) is 1. The number of halogens is 2. The number of furan rings is 1. The lowest BCUT2D eigenvalue weighted by Gasteiger charge is -2.18. The molecule has 1 aliphatic rings. The average molecular weight is 529 g/mol. The molecule has 9 heteroatoms. The molecule has 0 saturated heterocycles. The molecule has 0 saturated carbocycles. The zero-order valence-electron chi connectivity index (χ0n) is 19.1. The van der Waals surface area contributed by atoms with Gasteiger partial charge in [0, 0.05) is 16.5 Å². The topological polar surface area (TPSA) is 92.3 Å². The van der Waals surface area contributed by atoms with E-state index in [2.05, 4.69) is 12.2 Å². The van der Waals surface area contributed by atoms with Gasteiger partial charge in [-0.1, -0.05) is 30.1 Å². The number of rotatable bonds is 6. The van der Waals surface area contributed by atoms with Gasteiger partial charge in [-0.2, -0.15) is 5.26 Å². The third-order valence-electron chi connectivity index (χ3n) is 5.70. The van der Waals surface area contributed by atoms with Crippen LogP contribution in [-0.2, 0) is 22.4 Å². The number of benzene rings is 1. The maximum atomic E-state index is 13.0. The number of amides is 1. The van der Waals surface area contributed by atoms with E-state index < -0.39 is 11.9 Å². The highest BCUT2D eigenvalue weighted by Crippen LogP contribution is 2.40. The molecule has 2 heterocycles. The maximum Gasteiger partial charge on any atom is 0.341 e. The summed E-state index contributed by atoms with van der Waals surface area (Å²) in [6.45, 7) is 4.14. The molecule has 1 atom stereocenters. The van der Waals surface area contributed by atoms with Crippen LogP contribution < -0.4 is 5.32 Å². The molecule has 0 fully saturated rings. The van der Waals surface area contributed by atoms with Crippen molar-refractivity contribution < 1.29 is 18.7 Å². The first-order valence-corrected chi connectivity index (χ1v) is 12.7. The van der Waals surface area contributed by atoms with Crippen LogP contribution in [0.15, 0.2) is 40.3 Å². The van der Waals surface area contributed by atoms with Crippen LogP contribution in [0.5, 0.6) is 0 Å². The van der Waals surface area contributed by atoms with Gasteiger partial charge in [-0.3, -0.25) is 4.79 Å². The SMILES string of the molecule is CCOC(=O)c1c(NC(=O)C(C#N)=Cc2ccc(-c3ccc(Cl)c(Cl)c3)o2)sc2c1CCC(C)C2.